The predicted octanol–water partition coefficient (Wildman–Crippen LogP) is 15.4. The number of carbonyl (C=O) groups excluding carboxylic acids is 3. The van der Waals surface area contributed by atoms with Crippen molar-refractivity contribution < 1.29 is 28.6 Å². The molecular formula is C54H84O6. The van der Waals surface area contributed by atoms with Gasteiger partial charge in [0.15, 0.2) is 6.10 Å². The van der Waals surface area contributed by atoms with Gasteiger partial charge in [-0.25, -0.2) is 0 Å². The molecular weight excluding hydrogens is 745 g/mol. The van der Waals surface area contributed by atoms with E-state index in [9.17, 15) is 14.4 Å². The molecule has 6 heteroatoms. The summed E-state index contributed by atoms with van der Waals surface area (Å²) in [4.78, 5) is 37.8. The van der Waals surface area contributed by atoms with Crippen molar-refractivity contribution in [2.45, 2.75) is 187 Å². The molecule has 0 radical (unpaired) electrons. The SMILES string of the molecule is CC\C=C/C=C\C=C/CCCCCCCC(=O)OCC(COC(=O)CCCCC/C=C\C/C=C\C/C=C\C/C=C\CC)OC(=O)CCCCCCC\C=C/C=C\C=C/CC. The fourth-order valence-electron chi connectivity index (χ4n) is 5.84. The third-order valence-corrected chi connectivity index (χ3v) is 9.31. The molecule has 0 aromatic heterocycles. The Morgan fingerprint density at radius 3 is 1.13 bits per heavy atom. The van der Waals surface area contributed by atoms with Gasteiger partial charge in [0.25, 0.3) is 0 Å². The Morgan fingerprint density at radius 1 is 0.350 bits per heavy atom. The molecule has 0 aromatic carbocycles. The van der Waals surface area contributed by atoms with Crippen molar-refractivity contribution in [3.63, 3.8) is 0 Å². The summed E-state index contributed by atoms with van der Waals surface area (Å²) in [7, 11) is 0. The van der Waals surface area contributed by atoms with E-state index in [1.54, 1.807) is 0 Å². The third kappa shape index (κ3) is 44.9. The van der Waals surface area contributed by atoms with Crippen LogP contribution in [0.2, 0.25) is 0 Å². The largest absolute Gasteiger partial charge is 0.462 e. The van der Waals surface area contributed by atoms with Gasteiger partial charge in [0.1, 0.15) is 13.2 Å². The van der Waals surface area contributed by atoms with E-state index in [1.807, 2.05) is 12.2 Å². The van der Waals surface area contributed by atoms with E-state index >= 15 is 0 Å². The summed E-state index contributed by atoms with van der Waals surface area (Å²) in [6.07, 6.45) is 64.6. The van der Waals surface area contributed by atoms with Gasteiger partial charge in [-0.05, 0) is 96.3 Å². The number of esters is 3. The molecule has 6 nitrogen and oxygen atoms in total. The molecule has 0 bridgehead atoms. The van der Waals surface area contributed by atoms with Crippen LogP contribution in [0.1, 0.15) is 181 Å². The molecule has 60 heavy (non-hydrogen) atoms. The van der Waals surface area contributed by atoms with Crippen molar-refractivity contribution in [3.8, 4) is 0 Å². The minimum Gasteiger partial charge on any atom is -0.462 e. The van der Waals surface area contributed by atoms with Gasteiger partial charge >= 0.3 is 17.9 Å². The Labute approximate surface area is 367 Å². The quantitative estimate of drug-likeness (QED) is 0.0201. The topological polar surface area (TPSA) is 78.9 Å². The highest BCUT2D eigenvalue weighted by atomic mass is 16.6. The van der Waals surface area contributed by atoms with E-state index in [4.69, 9.17) is 14.2 Å². The van der Waals surface area contributed by atoms with Gasteiger partial charge in [0.2, 0.25) is 0 Å². The minimum atomic E-state index is -0.813. The van der Waals surface area contributed by atoms with Crippen LogP contribution in [0.25, 0.3) is 0 Å². The monoisotopic (exact) mass is 829 g/mol. The molecule has 1 unspecified atom stereocenters. The molecule has 0 aliphatic carbocycles. The molecule has 0 amide bonds. The molecule has 1 atom stereocenters. The lowest BCUT2D eigenvalue weighted by molar-refractivity contribution is -0.167. The smallest absolute Gasteiger partial charge is 0.306 e. The van der Waals surface area contributed by atoms with Gasteiger partial charge < -0.3 is 14.2 Å². The van der Waals surface area contributed by atoms with Gasteiger partial charge in [-0.1, -0.05) is 187 Å². The van der Waals surface area contributed by atoms with Gasteiger partial charge in [-0.2, -0.15) is 0 Å². The van der Waals surface area contributed by atoms with Crippen molar-refractivity contribution in [1.82, 2.24) is 0 Å². The average Bonchev–Trinajstić information content (AvgIpc) is 3.24. The second kappa shape index (κ2) is 47.5. The molecule has 0 spiro atoms. The maximum Gasteiger partial charge on any atom is 0.306 e. The number of rotatable bonds is 40. The van der Waals surface area contributed by atoms with Crippen LogP contribution in [0.4, 0.5) is 0 Å². The van der Waals surface area contributed by atoms with Crippen LogP contribution >= 0.6 is 0 Å². The zero-order valence-electron chi connectivity index (χ0n) is 38.2. The van der Waals surface area contributed by atoms with Gasteiger partial charge in [0, 0.05) is 19.3 Å². The fourth-order valence-corrected chi connectivity index (χ4v) is 5.84. The highest BCUT2D eigenvalue weighted by Crippen LogP contribution is 2.12. The first-order valence-electron chi connectivity index (χ1n) is 23.6. The first-order chi connectivity index (χ1) is 29.5. The zero-order valence-corrected chi connectivity index (χ0v) is 38.2. The van der Waals surface area contributed by atoms with Crippen LogP contribution in [0.3, 0.4) is 0 Å². The molecule has 0 aliphatic rings. The second-order valence-corrected chi connectivity index (χ2v) is 15.0. The molecule has 0 fully saturated rings. The van der Waals surface area contributed by atoms with Crippen LogP contribution < -0.4 is 0 Å². The Morgan fingerprint density at radius 2 is 0.683 bits per heavy atom. The van der Waals surface area contributed by atoms with E-state index in [1.165, 1.54) is 0 Å². The minimum absolute atomic E-state index is 0.112. The van der Waals surface area contributed by atoms with E-state index in [0.29, 0.717) is 12.8 Å². The van der Waals surface area contributed by atoms with Crippen LogP contribution in [-0.2, 0) is 28.6 Å². The Balaban J connectivity index is 4.53. The summed E-state index contributed by atoms with van der Waals surface area (Å²) < 4.78 is 16.7. The molecule has 0 saturated carbocycles. The van der Waals surface area contributed by atoms with Crippen molar-refractivity contribution in [2.75, 3.05) is 13.2 Å². The number of unbranched alkanes of at least 4 members (excludes halogenated alkanes) is 13. The molecule has 0 heterocycles. The molecule has 0 saturated heterocycles. The van der Waals surface area contributed by atoms with Crippen LogP contribution in [0, 0.1) is 0 Å². The summed E-state index contributed by atoms with van der Waals surface area (Å²) in [6.45, 7) is 6.16. The number of carbonyl (C=O) groups is 3. The van der Waals surface area contributed by atoms with Crippen LogP contribution in [-0.4, -0.2) is 37.2 Å². The van der Waals surface area contributed by atoms with Gasteiger partial charge in [-0.3, -0.25) is 14.4 Å². The first-order valence-corrected chi connectivity index (χ1v) is 23.6. The Hall–Kier alpha value is -4.19. The van der Waals surface area contributed by atoms with E-state index in [0.717, 1.165) is 141 Å². The van der Waals surface area contributed by atoms with Crippen LogP contribution in [0.5, 0.6) is 0 Å². The first kappa shape index (κ1) is 55.8. The molecule has 336 valence electrons. The van der Waals surface area contributed by atoms with Crippen molar-refractivity contribution >= 4 is 17.9 Å². The molecule has 0 rings (SSSR count). The Kier molecular flexibility index (Phi) is 44.2. The average molecular weight is 829 g/mol. The molecule has 0 aromatic rings. The summed E-state index contributed by atoms with van der Waals surface area (Å²) >= 11 is 0. The lowest BCUT2D eigenvalue weighted by Crippen LogP contribution is -2.30. The molecule has 0 aliphatic heterocycles. The van der Waals surface area contributed by atoms with Crippen LogP contribution in [0.15, 0.2) is 122 Å². The summed E-state index contributed by atoms with van der Waals surface area (Å²) in [5.74, 6) is -0.996. The van der Waals surface area contributed by atoms with E-state index in [2.05, 4.69) is 130 Å². The normalized spacial score (nSPS) is 13.2. The second-order valence-electron chi connectivity index (χ2n) is 15.0. The van der Waals surface area contributed by atoms with Crippen molar-refractivity contribution in [1.29, 1.82) is 0 Å². The van der Waals surface area contributed by atoms with Crippen molar-refractivity contribution in [2.24, 2.45) is 0 Å². The Bertz CT molecular complexity index is 1320. The number of hydrogen-bond donors (Lipinski definition) is 0. The standard InChI is InChI=1S/C54H84O6/c1-4-7-10-13-16-19-22-25-26-27-30-32-35-38-41-44-47-53(56)59-50-51(60-54(57)48-45-42-39-36-33-29-24-21-18-15-12-9-6-3)49-58-52(55)46-43-40-37-34-31-28-23-20-17-14-11-8-5-2/h7-12,14-21,23-26,30,32,51H,4-6,13,22,27-29,31,33-50H2,1-3H3/b10-7-,11-8-,12-9-,17-14-,18-15-,19-16-,23-20-,24-21-,26-25-,32-30-. The van der Waals surface area contributed by atoms with E-state index < -0.39 is 6.10 Å². The summed E-state index contributed by atoms with van der Waals surface area (Å²) in [6, 6.07) is 0. The summed E-state index contributed by atoms with van der Waals surface area (Å²) in [5.41, 5.74) is 0. The lowest BCUT2D eigenvalue weighted by atomic mass is 10.1. The van der Waals surface area contributed by atoms with Crippen molar-refractivity contribution in [3.05, 3.63) is 122 Å². The zero-order chi connectivity index (χ0) is 43.7. The maximum absolute atomic E-state index is 12.7. The van der Waals surface area contributed by atoms with Gasteiger partial charge in [0.05, 0.1) is 0 Å². The van der Waals surface area contributed by atoms with Gasteiger partial charge in [-0.15, -0.1) is 0 Å². The summed E-state index contributed by atoms with van der Waals surface area (Å²) in [5, 5.41) is 0. The number of ether oxygens (including phenoxy) is 3. The van der Waals surface area contributed by atoms with E-state index in [-0.39, 0.29) is 37.5 Å². The predicted molar refractivity (Wildman–Crippen MR) is 256 cm³/mol. The maximum atomic E-state index is 12.7. The highest BCUT2D eigenvalue weighted by molar-refractivity contribution is 5.71. The molecule has 0 N–H and O–H groups in total. The fraction of sp³-hybridized carbons (Fsp3) is 0.574. The number of allylic oxidation sites excluding steroid dienone is 20. The lowest BCUT2D eigenvalue weighted by Gasteiger charge is -2.18. The third-order valence-electron chi connectivity index (χ3n) is 9.31. The number of hydrogen-bond acceptors (Lipinski definition) is 6. The highest BCUT2D eigenvalue weighted by Gasteiger charge is 2.19.